The van der Waals surface area contributed by atoms with Gasteiger partial charge in [-0.25, -0.2) is 4.98 Å². The van der Waals surface area contributed by atoms with Gasteiger partial charge in [0.05, 0.1) is 5.92 Å². The van der Waals surface area contributed by atoms with Crippen LogP contribution in [0.4, 0.5) is 0 Å². The molecule has 0 spiro atoms. The van der Waals surface area contributed by atoms with E-state index >= 15 is 0 Å². The molecule has 2 aromatic heterocycles. The summed E-state index contributed by atoms with van der Waals surface area (Å²) in [6.45, 7) is 0. The first kappa shape index (κ1) is 12.4. The molecule has 0 aromatic carbocycles. The Balaban J connectivity index is 1.71. The van der Waals surface area contributed by atoms with Crippen LogP contribution in [0.2, 0.25) is 0 Å². The SMILES string of the molecule is O=C(NC1C=CC(C(=O)O)C1)c1cn2ccccc2n1. The van der Waals surface area contributed by atoms with E-state index in [-0.39, 0.29) is 11.9 Å². The molecule has 6 heteroatoms. The van der Waals surface area contributed by atoms with Gasteiger partial charge in [-0.05, 0) is 18.6 Å². The molecule has 0 fully saturated rings. The van der Waals surface area contributed by atoms with Crippen LogP contribution >= 0.6 is 0 Å². The fourth-order valence-electron chi connectivity index (χ4n) is 2.28. The fourth-order valence-corrected chi connectivity index (χ4v) is 2.28. The molecule has 1 aliphatic rings. The highest BCUT2D eigenvalue weighted by Crippen LogP contribution is 2.18. The lowest BCUT2D eigenvalue weighted by molar-refractivity contribution is -0.140. The van der Waals surface area contributed by atoms with E-state index in [1.807, 2.05) is 24.4 Å². The van der Waals surface area contributed by atoms with Crippen LogP contribution in [-0.4, -0.2) is 32.4 Å². The number of carbonyl (C=O) groups excluding carboxylic acids is 1. The minimum atomic E-state index is -0.870. The molecule has 2 atom stereocenters. The molecule has 2 N–H and O–H groups in total. The van der Waals surface area contributed by atoms with Gasteiger partial charge in [0.2, 0.25) is 0 Å². The fraction of sp³-hybridized carbons (Fsp3) is 0.214. The molecule has 0 saturated heterocycles. The lowest BCUT2D eigenvalue weighted by atomic mass is 10.1. The molecule has 0 saturated carbocycles. The number of amides is 1. The van der Waals surface area contributed by atoms with E-state index in [1.165, 1.54) is 0 Å². The molecular formula is C14H13N3O3. The Morgan fingerprint density at radius 3 is 2.90 bits per heavy atom. The van der Waals surface area contributed by atoms with Gasteiger partial charge in [-0.3, -0.25) is 9.59 Å². The first-order chi connectivity index (χ1) is 9.63. The molecule has 0 radical (unpaired) electrons. The maximum Gasteiger partial charge on any atom is 0.310 e. The summed E-state index contributed by atoms with van der Waals surface area (Å²) in [5.41, 5.74) is 1.02. The third-order valence-electron chi connectivity index (χ3n) is 3.31. The van der Waals surface area contributed by atoms with Crippen molar-refractivity contribution in [2.45, 2.75) is 12.5 Å². The maximum atomic E-state index is 12.1. The number of rotatable bonds is 3. The number of pyridine rings is 1. The van der Waals surface area contributed by atoms with E-state index in [2.05, 4.69) is 10.3 Å². The highest BCUT2D eigenvalue weighted by Gasteiger charge is 2.26. The average Bonchev–Trinajstić information content (AvgIpc) is 3.04. The molecule has 3 rings (SSSR count). The van der Waals surface area contributed by atoms with Gasteiger partial charge >= 0.3 is 5.97 Å². The summed E-state index contributed by atoms with van der Waals surface area (Å²) < 4.78 is 1.76. The second kappa shape index (κ2) is 4.80. The molecule has 2 unspecified atom stereocenters. The highest BCUT2D eigenvalue weighted by atomic mass is 16.4. The number of fused-ring (bicyclic) bond motifs is 1. The number of hydrogen-bond acceptors (Lipinski definition) is 3. The first-order valence-electron chi connectivity index (χ1n) is 6.29. The summed E-state index contributed by atoms with van der Waals surface area (Å²) in [6, 6.07) is 5.26. The summed E-state index contributed by atoms with van der Waals surface area (Å²) in [6.07, 6.45) is 7.17. The van der Waals surface area contributed by atoms with E-state index in [1.54, 1.807) is 22.7 Å². The minimum Gasteiger partial charge on any atom is -0.481 e. The van der Waals surface area contributed by atoms with Crippen LogP contribution in [0.5, 0.6) is 0 Å². The van der Waals surface area contributed by atoms with Gasteiger partial charge in [-0.15, -0.1) is 0 Å². The van der Waals surface area contributed by atoms with Crippen molar-refractivity contribution < 1.29 is 14.7 Å². The predicted octanol–water partition coefficient (Wildman–Crippen LogP) is 1.09. The molecule has 0 aliphatic heterocycles. The van der Waals surface area contributed by atoms with Crippen LogP contribution in [0.15, 0.2) is 42.7 Å². The van der Waals surface area contributed by atoms with Crippen LogP contribution in [0.25, 0.3) is 5.65 Å². The molecule has 2 heterocycles. The third-order valence-corrected chi connectivity index (χ3v) is 3.31. The topological polar surface area (TPSA) is 83.7 Å². The van der Waals surface area contributed by atoms with Gasteiger partial charge in [0.15, 0.2) is 0 Å². The number of carbonyl (C=O) groups is 2. The van der Waals surface area contributed by atoms with E-state index in [4.69, 9.17) is 5.11 Å². The van der Waals surface area contributed by atoms with Crippen LogP contribution in [-0.2, 0) is 4.79 Å². The Morgan fingerprint density at radius 1 is 1.35 bits per heavy atom. The Labute approximate surface area is 114 Å². The largest absolute Gasteiger partial charge is 0.481 e. The average molecular weight is 271 g/mol. The molecule has 20 heavy (non-hydrogen) atoms. The smallest absolute Gasteiger partial charge is 0.310 e. The summed E-state index contributed by atoms with van der Waals surface area (Å²) >= 11 is 0. The van der Waals surface area contributed by atoms with Gasteiger partial charge in [-0.2, -0.15) is 0 Å². The van der Waals surface area contributed by atoms with Crippen molar-refractivity contribution in [3.63, 3.8) is 0 Å². The number of aromatic nitrogens is 2. The lowest BCUT2D eigenvalue weighted by Crippen LogP contribution is -2.33. The van der Waals surface area contributed by atoms with Crippen LogP contribution in [0, 0.1) is 5.92 Å². The zero-order valence-electron chi connectivity index (χ0n) is 10.6. The number of aliphatic carboxylic acids is 1. The third kappa shape index (κ3) is 2.27. The Hall–Kier alpha value is -2.63. The van der Waals surface area contributed by atoms with Crippen molar-refractivity contribution in [1.82, 2.24) is 14.7 Å². The van der Waals surface area contributed by atoms with Crippen molar-refractivity contribution in [3.05, 3.63) is 48.4 Å². The molecule has 1 amide bonds. The molecule has 2 aromatic rings. The predicted molar refractivity (Wildman–Crippen MR) is 71.3 cm³/mol. The van der Waals surface area contributed by atoms with Crippen molar-refractivity contribution in [3.8, 4) is 0 Å². The Kier molecular flexibility index (Phi) is 2.98. The second-order valence-corrected chi connectivity index (χ2v) is 4.74. The van der Waals surface area contributed by atoms with Crippen molar-refractivity contribution in [1.29, 1.82) is 0 Å². The number of hydrogen-bond donors (Lipinski definition) is 2. The van der Waals surface area contributed by atoms with Crippen molar-refractivity contribution in [2.24, 2.45) is 5.92 Å². The first-order valence-corrected chi connectivity index (χ1v) is 6.29. The van der Waals surface area contributed by atoms with Gasteiger partial charge in [-0.1, -0.05) is 18.2 Å². The number of nitrogens with one attached hydrogen (secondary N) is 1. The summed E-state index contributed by atoms with van der Waals surface area (Å²) in [5, 5.41) is 11.7. The van der Waals surface area contributed by atoms with E-state index in [0.29, 0.717) is 17.8 Å². The highest BCUT2D eigenvalue weighted by molar-refractivity contribution is 5.93. The minimum absolute atomic E-state index is 0.256. The van der Waals surface area contributed by atoms with E-state index < -0.39 is 11.9 Å². The molecule has 0 bridgehead atoms. The number of carboxylic acid groups (broad SMARTS) is 1. The van der Waals surface area contributed by atoms with Crippen LogP contribution in [0.1, 0.15) is 16.9 Å². The molecule has 102 valence electrons. The van der Waals surface area contributed by atoms with Gasteiger partial charge < -0.3 is 14.8 Å². The summed E-state index contributed by atoms with van der Waals surface area (Å²) in [5.74, 6) is -1.69. The quantitative estimate of drug-likeness (QED) is 0.819. The Bertz CT molecular complexity index is 672. The Morgan fingerprint density at radius 2 is 2.20 bits per heavy atom. The van der Waals surface area contributed by atoms with E-state index in [0.717, 1.165) is 0 Å². The number of carboxylic acids is 1. The lowest BCUT2D eigenvalue weighted by Gasteiger charge is -2.10. The van der Waals surface area contributed by atoms with Gasteiger partial charge in [0, 0.05) is 18.4 Å². The van der Waals surface area contributed by atoms with Gasteiger partial charge in [0.25, 0.3) is 5.91 Å². The standard InChI is InChI=1S/C14H13N3O3/c18-13(15-10-5-4-9(7-10)14(19)20)11-8-17-6-2-1-3-12(17)16-11/h1-6,8-10H,7H2,(H,15,18)(H,19,20). The van der Waals surface area contributed by atoms with Crippen LogP contribution < -0.4 is 5.32 Å². The maximum absolute atomic E-state index is 12.1. The van der Waals surface area contributed by atoms with E-state index in [9.17, 15) is 9.59 Å². The molecule has 1 aliphatic carbocycles. The molecular weight excluding hydrogens is 258 g/mol. The van der Waals surface area contributed by atoms with Crippen molar-refractivity contribution in [2.75, 3.05) is 0 Å². The number of imidazole rings is 1. The monoisotopic (exact) mass is 271 g/mol. The second-order valence-electron chi connectivity index (χ2n) is 4.74. The van der Waals surface area contributed by atoms with Gasteiger partial charge in [0.1, 0.15) is 11.3 Å². The zero-order chi connectivity index (χ0) is 14.1. The number of nitrogens with zero attached hydrogens (tertiary/aromatic N) is 2. The van der Waals surface area contributed by atoms with Crippen LogP contribution in [0.3, 0.4) is 0 Å². The molecule has 6 nitrogen and oxygen atoms in total. The normalized spacial score (nSPS) is 21.2. The van der Waals surface area contributed by atoms with Crippen molar-refractivity contribution >= 4 is 17.5 Å². The summed E-state index contributed by atoms with van der Waals surface area (Å²) in [4.78, 5) is 27.1. The zero-order valence-corrected chi connectivity index (χ0v) is 10.6. The summed E-state index contributed by atoms with van der Waals surface area (Å²) in [7, 11) is 0.